The second kappa shape index (κ2) is 8.65. The van der Waals surface area contributed by atoms with Gasteiger partial charge in [0, 0.05) is 6.04 Å². The summed E-state index contributed by atoms with van der Waals surface area (Å²) in [6.45, 7) is 1.20. The number of hydrogen-bond donors (Lipinski definition) is 1. The third kappa shape index (κ3) is 5.19. The highest BCUT2D eigenvalue weighted by molar-refractivity contribution is 7.98. The van der Waals surface area contributed by atoms with E-state index in [2.05, 4.69) is 35.8 Å². The molecule has 1 aromatic rings. The lowest BCUT2D eigenvalue weighted by Crippen LogP contribution is -2.35. The highest BCUT2D eigenvalue weighted by Gasteiger charge is 2.16. The minimum Gasteiger partial charge on any atom is -0.314 e. The zero-order valence-electron chi connectivity index (χ0n) is 12.2. The van der Waals surface area contributed by atoms with Crippen LogP contribution in [0.2, 0.25) is 0 Å². The van der Waals surface area contributed by atoms with Crippen molar-refractivity contribution in [1.82, 2.24) is 5.32 Å². The Bertz CT molecular complexity index is 364. The summed E-state index contributed by atoms with van der Waals surface area (Å²) in [6.07, 6.45) is 11.5. The van der Waals surface area contributed by atoms with E-state index in [0.29, 0.717) is 6.04 Å². The van der Waals surface area contributed by atoms with Crippen LogP contribution in [0.3, 0.4) is 0 Å². The summed E-state index contributed by atoms with van der Waals surface area (Å²) in [5.74, 6) is 1.33. The largest absolute Gasteiger partial charge is 0.314 e. The molecule has 0 radical (unpaired) electrons. The number of unbranched alkanes of at least 4 members (excludes halogenated alkanes) is 3. The molecule has 1 aliphatic carbocycles. The topological polar surface area (TPSA) is 12.0 Å². The first-order valence-electron chi connectivity index (χ1n) is 7.69. The van der Waals surface area contributed by atoms with E-state index in [4.69, 9.17) is 0 Å². The van der Waals surface area contributed by atoms with E-state index >= 15 is 0 Å². The van der Waals surface area contributed by atoms with Crippen LogP contribution in [0.1, 0.15) is 43.2 Å². The third-order valence-electron chi connectivity index (χ3n) is 4.06. The van der Waals surface area contributed by atoms with Gasteiger partial charge >= 0.3 is 0 Å². The van der Waals surface area contributed by atoms with Crippen molar-refractivity contribution in [3.63, 3.8) is 0 Å². The predicted molar refractivity (Wildman–Crippen MR) is 87.1 cm³/mol. The quantitative estimate of drug-likeness (QED) is 0.719. The van der Waals surface area contributed by atoms with Crippen LogP contribution in [0.5, 0.6) is 0 Å². The monoisotopic (exact) mass is 277 g/mol. The van der Waals surface area contributed by atoms with Crippen LogP contribution in [0.25, 0.3) is 0 Å². The van der Waals surface area contributed by atoms with Crippen molar-refractivity contribution in [3.8, 4) is 0 Å². The molecule has 1 unspecified atom stereocenters. The number of hydrogen-bond acceptors (Lipinski definition) is 2. The van der Waals surface area contributed by atoms with Crippen molar-refractivity contribution in [2.24, 2.45) is 0 Å². The van der Waals surface area contributed by atoms with E-state index in [-0.39, 0.29) is 0 Å². The summed E-state index contributed by atoms with van der Waals surface area (Å²) in [4.78, 5) is 0. The number of nitrogens with one attached hydrogen (secondary N) is 1. The normalized spacial score (nSPS) is 18.3. The van der Waals surface area contributed by atoms with Gasteiger partial charge in [0.2, 0.25) is 0 Å². The molecule has 0 heterocycles. The first-order valence-corrected chi connectivity index (χ1v) is 9.08. The standard InChI is InChI=1S/C17H27NS/c1-19-13-7-3-2-6-12-18-17-11-10-15-8-4-5-9-16(15)14-17/h4-5,8-9,17-18H,2-3,6-7,10-14H2,1H3. The fourth-order valence-corrected chi connectivity index (χ4v) is 3.40. The minimum absolute atomic E-state index is 0.709. The first kappa shape index (κ1) is 14.9. The maximum atomic E-state index is 3.75. The van der Waals surface area contributed by atoms with Crippen molar-refractivity contribution < 1.29 is 0 Å². The summed E-state index contributed by atoms with van der Waals surface area (Å²) < 4.78 is 0. The average molecular weight is 277 g/mol. The van der Waals surface area contributed by atoms with Crippen LogP contribution in [0.4, 0.5) is 0 Å². The second-order valence-corrected chi connectivity index (χ2v) is 6.56. The molecule has 0 aliphatic heterocycles. The van der Waals surface area contributed by atoms with Gasteiger partial charge in [0.05, 0.1) is 0 Å². The van der Waals surface area contributed by atoms with Crippen LogP contribution in [0, 0.1) is 0 Å². The molecule has 1 nitrogen and oxygen atoms in total. The summed E-state index contributed by atoms with van der Waals surface area (Å²) >= 11 is 1.97. The number of fused-ring (bicyclic) bond motifs is 1. The number of thioether (sulfide) groups is 1. The smallest absolute Gasteiger partial charge is 0.0111 e. The van der Waals surface area contributed by atoms with Gasteiger partial charge in [-0.1, -0.05) is 37.1 Å². The summed E-state index contributed by atoms with van der Waals surface area (Å²) in [5.41, 5.74) is 3.13. The number of benzene rings is 1. The van der Waals surface area contributed by atoms with E-state index in [1.54, 1.807) is 11.1 Å². The van der Waals surface area contributed by atoms with E-state index in [1.807, 2.05) is 11.8 Å². The van der Waals surface area contributed by atoms with Gasteiger partial charge in [-0.3, -0.25) is 0 Å². The van der Waals surface area contributed by atoms with Gasteiger partial charge in [-0.2, -0.15) is 11.8 Å². The number of rotatable bonds is 8. The van der Waals surface area contributed by atoms with Crippen molar-refractivity contribution in [2.45, 2.75) is 51.0 Å². The lowest BCUT2D eigenvalue weighted by atomic mass is 9.88. The maximum Gasteiger partial charge on any atom is 0.0111 e. The molecule has 106 valence electrons. The first-order chi connectivity index (χ1) is 9.40. The molecule has 0 bridgehead atoms. The molecule has 1 aliphatic rings. The summed E-state index contributed by atoms with van der Waals surface area (Å²) in [6, 6.07) is 9.64. The Morgan fingerprint density at radius 2 is 1.89 bits per heavy atom. The molecule has 0 amide bonds. The molecule has 2 rings (SSSR count). The molecular formula is C17H27NS. The van der Waals surface area contributed by atoms with Gasteiger partial charge in [0.1, 0.15) is 0 Å². The van der Waals surface area contributed by atoms with Crippen molar-refractivity contribution in [2.75, 3.05) is 18.6 Å². The van der Waals surface area contributed by atoms with E-state index in [1.165, 1.54) is 57.2 Å². The molecule has 2 heteroatoms. The van der Waals surface area contributed by atoms with Gasteiger partial charge in [-0.25, -0.2) is 0 Å². The summed E-state index contributed by atoms with van der Waals surface area (Å²) in [7, 11) is 0. The van der Waals surface area contributed by atoms with Gasteiger partial charge in [-0.05, 0) is 61.8 Å². The SMILES string of the molecule is CSCCCCCCNC1CCc2ccccc2C1. The van der Waals surface area contributed by atoms with E-state index in [9.17, 15) is 0 Å². The zero-order valence-corrected chi connectivity index (χ0v) is 13.0. The van der Waals surface area contributed by atoms with Crippen LogP contribution >= 0.6 is 11.8 Å². The molecule has 0 fully saturated rings. The van der Waals surface area contributed by atoms with Crippen molar-refractivity contribution >= 4 is 11.8 Å². The minimum atomic E-state index is 0.709. The lowest BCUT2D eigenvalue weighted by molar-refractivity contribution is 0.448. The van der Waals surface area contributed by atoms with Gasteiger partial charge < -0.3 is 5.32 Å². The molecule has 1 atom stereocenters. The van der Waals surface area contributed by atoms with Gasteiger partial charge in [-0.15, -0.1) is 0 Å². The molecular weight excluding hydrogens is 250 g/mol. The fraction of sp³-hybridized carbons (Fsp3) is 0.647. The van der Waals surface area contributed by atoms with Crippen LogP contribution in [-0.4, -0.2) is 24.6 Å². The predicted octanol–water partition coefficient (Wildman–Crippen LogP) is 4.06. The molecule has 0 saturated carbocycles. The zero-order chi connectivity index (χ0) is 13.3. The average Bonchev–Trinajstić information content (AvgIpc) is 2.46. The fourth-order valence-electron chi connectivity index (χ4n) is 2.90. The third-order valence-corrected chi connectivity index (χ3v) is 4.75. The Kier molecular flexibility index (Phi) is 6.80. The Hall–Kier alpha value is -0.470. The summed E-state index contributed by atoms with van der Waals surface area (Å²) in [5, 5.41) is 3.75. The van der Waals surface area contributed by atoms with E-state index < -0.39 is 0 Å². The van der Waals surface area contributed by atoms with Gasteiger partial charge in [0.15, 0.2) is 0 Å². The highest BCUT2D eigenvalue weighted by Crippen LogP contribution is 2.20. The molecule has 0 saturated heterocycles. The van der Waals surface area contributed by atoms with Crippen LogP contribution in [0.15, 0.2) is 24.3 Å². The maximum absolute atomic E-state index is 3.75. The molecule has 0 spiro atoms. The van der Waals surface area contributed by atoms with Crippen molar-refractivity contribution in [3.05, 3.63) is 35.4 Å². The Balaban J connectivity index is 1.58. The molecule has 1 aromatic carbocycles. The van der Waals surface area contributed by atoms with Gasteiger partial charge in [0.25, 0.3) is 0 Å². The van der Waals surface area contributed by atoms with E-state index in [0.717, 1.165) is 0 Å². The Morgan fingerprint density at radius 1 is 1.11 bits per heavy atom. The number of aryl methyl sites for hydroxylation is 1. The second-order valence-electron chi connectivity index (χ2n) is 5.57. The molecule has 19 heavy (non-hydrogen) atoms. The molecule has 1 N–H and O–H groups in total. The van der Waals surface area contributed by atoms with Crippen LogP contribution in [-0.2, 0) is 12.8 Å². The Morgan fingerprint density at radius 3 is 2.74 bits per heavy atom. The molecule has 0 aromatic heterocycles. The highest BCUT2D eigenvalue weighted by atomic mass is 32.2. The Labute approximate surface area is 122 Å². The lowest BCUT2D eigenvalue weighted by Gasteiger charge is -2.25. The van der Waals surface area contributed by atoms with Crippen molar-refractivity contribution in [1.29, 1.82) is 0 Å². The van der Waals surface area contributed by atoms with Crippen LogP contribution < -0.4 is 5.32 Å².